The van der Waals surface area contributed by atoms with Crippen molar-refractivity contribution in [3.8, 4) is 5.69 Å². The predicted octanol–water partition coefficient (Wildman–Crippen LogP) is 4.17. The molecule has 0 spiro atoms. The van der Waals surface area contributed by atoms with Crippen molar-refractivity contribution < 1.29 is 22.4 Å². The Labute approximate surface area is 192 Å². The number of hydrogen-bond donors (Lipinski definition) is 1. The van der Waals surface area contributed by atoms with Crippen molar-refractivity contribution in [2.45, 2.75) is 38.0 Å². The van der Waals surface area contributed by atoms with Crippen LogP contribution in [0.3, 0.4) is 0 Å². The smallest absolute Gasteiger partial charge is 0.368 e. The van der Waals surface area contributed by atoms with Gasteiger partial charge >= 0.3 is 6.18 Å². The largest absolute Gasteiger partial charge is 0.417 e. The van der Waals surface area contributed by atoms with Crippen LogP contribution in [0.4, 0.5) is 23.4 Å². The van der Waals surface area contributed by atoms with E-state index in [-0.39, 0.29) is 29.5 Å². The second kappa shape index (κ2) is 8.37. The number of hydrogen-bond acceptors (Lipinski definition) is 5. The molecular formula is C23H22F4N6O. The molecule has 178 valence electrons. The van der Waals surface area contributed by atoms with Crippen LogP contribution in [0.5, 0.6) is 0 Å². The molecule has 11 heteroatoms. The Kier molecular flexibility index (Phi) is 5.49. The summed E-state index contributed by atoms with van der Waals surface area (Å²) < 4.78 is 52.6. The highest BCUT2D eigenvalue weighted by Crippen LogP contribution is 2.47. The highest BCUT2D eigenvalue weighted by Gasteiger charge is 2.50. The van der Waals surface area contributed by atoms with E-state index in [0.717, 1.165) is 25.1 Å². The first-order valence-corrected chi connectivity index (χ1v) is 11.0. The number of carbonyl (C=O) groups excluding carboxylic acids is 1. The fourth-order valence-electron chi connectivity index (χ4n) is 4.93. The summed E-state index contributed by atoms with van der Waals surface area (Å²) in [7, 11) is 0. The van der Waals surface area contributed by atoms with Crippen LogP contribution in [0.15, 0.2) is 48.9 Å². The predicted molar refractivity (Wildman–Crippen MR) is 115 cm³/mol. The number of benzene rings is 1. The van der Waals surface area contributed by atoms with E-state index in [1.165, 1.54) is 41.5 Å². The molecule has 7 nitrogen and oxygen atoms in total. The Morgan fingerprint density at radius 1 is 1.15 bits per heavy atom. The summed E-state index contributed by atoms with van der Waals surface area (Å²) >= 11 is 0. The van der Waals surface area contributed by atoms with E-state index in [1.54, 1.807) is 4.90 Å². The van der Waals surface area contributed by atoms with Crippen molar-refractivity contribution in [1.29, 1.82) is 0 Å². The lowest BCUT2D eigenvalue weighted by Crippen LogP contribution is -2.64. The van der Waals surface area contributed by atoms with Crippen molar-refractivity contribution in [3.05, 3.63) is 65.9 Å². The first-order valence-electron chi connectivity index (χ1n) is 11.0. The number of nitrogens with one attached hydrogen (secondary N) is 1. The molecule has 2 atom stereocenters. The van der Waals surface area contributed by atoms with Gasteiger partial charge in [-0.2, -0.15) is 28.2 Å². The third-order valence-corrected chi connectivity index (χ3v) is 6.89. The van der Waals surface area contributed by atoms with Crippen LogP contribution < -0.4 is 5.32 Å². The molecule has 1 aliphatic carbocycles. The summed E-state index contributed by atoms with van der Waals surface area (Å²) in [6, 6.07) is 5.94. The second-order valence-corrected chi connectivity index (χ2v) is 8.81. The van der Waals surface area contributed by atoms with Crippen LogP contribution in [-0.4, -0.2) is 49.4 Å². The molecule has 1 unspecified atom stereocenters. The average molecular weight is 474 g/mol. The molecule has 1 saturated carbocycles. The lowest BCUT2D eigenvalue weighted by molar-refractivity contribution is -0.137. The zero-order valence-electron chi connectivity index (χ0n) is 18.2. The number of aromatic nitrogens is 4. The molecule has 34 heavy (non-hydrogen) atoms. The molecule has 4 heterocycles. The Morgan fingerprint density at radius 2 is 1.88 bits per heavy atom. The number of amides is 1. The maximum absolute atomic E-state index is 14.2. The summed E-state index contributed by atoms with van der Waals surface area (Å²) in [5, 5.41) is 11.2. The SMILES string of the molecule is CC1C2CC(C2)N(C(=O)c2cc(F)ccc2-n2nccn2)[C@@H]1CNc1ccc(C(F)(F)F)cn1. The zero-order valence-corrected chi connectivity index (χ0v) is 18.2. The van der Waals surface area contributed by atoms with Crippen LogP contribution >= 0.6 is 0 Å². The molecule has 0 radical (unpaired) electrons. The molecule has 1 amide bonds. The standard InChI is InChI=1S/C23H22F4N6O/c1-13-14-8-17(9-14)32(20(13)12-29-21-5-2-15(11-28-21)23(25,26)27)22(34)18-10-16(24)3-4-19(18)33-30-6-7-31-33/h2-7,10-11,13-14,17,20H,8-9,12H2,1H3,(H,28,29)/t13?,14?,17?,20-/m1/s1. The first kappa shape index (κ1) is 22.3. The summed E-state index contributed by atoms with van der Waals surface area (Å²) in [5.41, 5.74) is -0.291. The number of fused-ring (bicyclic) bond motifs is 2. The number of anilines is 1. The molecule has 1 aromatic carbocycles. The van der Waals surface area contributed by atoms with Crippen LogP contribution in [-0.2, 0) is 6.18 Å². The second-order valence-electron chi connectivity index (χ2n) is 8.81. The average Bonchev–Trinajstić information content (AvgIpc) is 3.31. The van der Waals surface area contributed by atoms with Crippen molar-refractivity contribution in [2.75, 3.05) is 11.9 Å². The monoisotopic (exact) mass is 474 g/mol. The van der Waals surface area contributed by atoms with E-state index >= 15 is 0 Å². The fraction of sp³-hybridized carbons (Fsp3) is 0.391. The maximum atomic E-state index is 14.2. The molecule has 2 bridgehead atoms. The van der Waals surface area contributed by atoms with Gasteiger partial charge in [-0.1, -0.05) is 6.92 Å². The zero-order chi connectivity index (χ0) is 24.0. The van der Waals surface area contributed by atoms with Crippen LogP contribution in [0.25, 0.3) is 5.69 Å². The molecular weight excluding hydrogens is 452 g/mol. The van der Waals surface area contributed by atoms with Gasteiger partial charge in [0.25, 0.3) is 5.91 Å². The summed E-state index contributed by atoms with van der Waals surface area (Å²) in [6.07, 6.45) is 1.00. The van der Waals surface area contributed by atoms with E-state index in [4.69, 9.17) is 0 Å². The number of nitrogens with zero attached hydrogens (tertiary/aromatic N) is 5. The van der Waals surface area contributed by atoms with Gasteiger partial charge in [0.15, 0.2) is 0 Å². The number of pyridine rings is 1. The number of piperidine rings is 2. The molecule has 1 N–H and O–H groups in total. The molecule has 3 aromatic rings. The minimum absolute atomic E-state index is 0.0164. The van der Waals surface area contributed by atoms with Gasteiger partial charge in [-0.3, -0.25) is 4.79 Å². The molecule has 3 aliphatic rings. The van der Waals surface area contributed by atoms with Gasteiger partial charge in [0.1, 0.15) is 11.6 Å². The molecule has 6 rings (SSSR count). The Bertz CT molecular complexity index is 1180. The van der Waals surface area contributed by atoms with Crippen molar-refractivity contribution in [1.82, 2.24) is 24.9 Å². The highest BCUT2D eigenvalue weighted by molar-refractivity contribution is 5.98. The van der Waals surface area contributed by atoms with Gasteiger partial charge in [-0.05, 0) is 55.0 Å². The minimum Gasteiger partial charge on any atom is -0.368 e. The van der Waals surface area contributed by atoms with Crippen molar-refractivity contribution >= 4 is 11.7 Å². The van der Waals surface area contributed by atoms with Gasteiger partial charge < -0.3 is 10.2 Å². The molecule has 3 fully saturated rings. The van der Waals surface area contributed by atoms with Crippen molar-refractivity contribution in [3.63, 3.8) is 0 Å². The third-order valence-electron chi connectivity index (χ3n) is 6.89. The number of halogens is 4. The van der Waals surface area contributed by atoms with Crippen molar-refractivity contribution in [2.24, 2.45) is 11.8 Å². The van der Waals surface area contributed by atoms with Gasteiger partial charge in [0.05, 0.1) is 35.2 Å². The van der Waals surface area contributed by atoms with Crippen LogP contribution in [0, 0.1) is 17.7 Å². The first-order chi connectivity index (χ1) is 16.2. The van der Waals surface area contributed by atoms with Gasteiger partial charge in [0.2, 0.25) is 0 Å². The third kappa shape index (κ3) is 3.99. The van der Waals surface area contributed by atoms with Gasteiger partial charge in [-0.25, -0.2) is 9.37 Å². The molecule has 2 aromatic heterocycles. The summed E-state index contributed by atoms with van der Waals surface area (Å²) in [5.74, 6) is 0.0318. The van der Waals surface area contributed by atoms with E-state index in [9.17, 15) is 22.4 Å². The number of carbonyl (C=O) groups is 1. The van der Waals surface area contributed by atoms with E-state index in [0.29, 0.717) is 24.0 Å². The van der Waals surface area contributed by atoms with Gasteiger partial charge in [-0.15, -0.1) is 0 Å². The number of rotatable bonds is 5. The van der Waals surface area contributed by atoms with Crippen LogP contribution in [0.1, 0.15) is 35.7 Å². The minimum atomic E-state index is -4.46. The van der Waals surface area contributed by atoms with Crippen LogP contribution in [0.2, 0.25) is 0 Å². The molecule has 2 aliphatic heterocycles. The summed E-state index contributed by atoms with van der Waals surface area (Å²) in [4.78, 5) is 20.7. The lowest BCUT2D eigenvalue weighted by Gasteiger charge is -2.57. The number of alkyl halides is 3. The van der Waals surface area contributed by atoms with E-state index < -0.39 is 17.6 Å². The lowest BCUT2D eigenvalue weighted by atomic mass is 9.64. The van der Waals surface area contributed by atoms with E-state index in [2.05, 4.69) is 27.4 Å². The normalized spacial score (nSPS) is 24.0. The Morgan fingerprint density at radius 3 is 2.53 bits per heavy atom. The summed E-state index contributed by atoms with van der Waals surface area (Å²) in [6.45, 7) is 2.37. The highest BCUT2D eigenvalue weighted by atomic mass is 19.4. The maximum Gasteiger partial charge on any atom is 0.417 e. The molecule has 2 saturated heterocycles. The quantitative estimate of drug-likeness (QED) is 0.562. The Balaban J connectivity index is 1.40. The fourth-order valence-corrected chi connectivity index (χ4v) is 4.93. The van der Waals surface area contributed by atoms with E-state index in [1.807, 2.05) is 0 Å². The topological polar surface area (TPSA) is 75.9 Å². The Hall–Kier alpha value is -3.50. The van der Waals surface area contributed by atoms with Gasteiger partial charge in [0, 0.05) is 18.8 Å².